The fourth-order valence-electron chi connectivity index (χ4n) is 4.35. The summed E-state index contributed by atoms with van der Waals surface area (Å²) >= 11 is 6.30. The number of para-hydroxylation sites is 1. The number of nitrogens with zero attached hydrogens (tertiary/aromatic N) is 7. The number of anilines is 1. The molecule has 0 spiro atoms. The fourth-order valence-corrected chi connectivity index (χ4v) is 4.58. The lowest BCUT2D eigenvalue weighted by molar-refractivity contribution is 0.193. The molecule has 2 N–H and O–H groups in total. The first kappa shape index (κ1) is 19.0. The maximum Gasteiger partial charge on any atom is 0.284 e. The number of fused-ring (bicyclic) bond motifs is 2. The van der Waals surface area contributed by atoms with E-state index in [-0.39, 0.29) is 5.56 Å². The molecule has 0 amide bonds. The van der Waals surface area contributed by atoms with Gasteiger partial charge in [-0.2, -0.15) is 5.10 Å². The summed E-state index contributed by atoms with van der Waals surface area (Å²) in [5, 5.41) is 15.7. The highest BCUT2D eigenvalue weighted by Gasteiger charge is 2.38. The number of nitrogens with one attached hydrogen (secondary N) is 1. The lowest BCUT2D eigenvalue weighted by Crippen LogP contribution is -2.33. The number of benzene rings is 1. The summed E-state index contributed by atoms with van der Waals surface area (Å²) in [5.41, 5.74) is 1.85. The van der Waals surface area contributed by atoms with Crippen molar-refractivity contribution in [3.05, 3.63) is 76.5 Å². The Morgan fingerprint density at radius 3 is 2.81 bits per heavy atom. The van der Waals surface area contributed by atoms with Gasteiger partial charge >= 0.3 is 0 Å². The van der Waals surface area contributed by atoms with Crippen LogP contribution < -0.4 is 10.5 Å². The number of H-pyrrole nitrogens is 1. The van der Waals surface area contributed by atoms with Gasteiger partial charge < -0.3 is 15.0 Å². The Morgan fingerprint density at radius 1 is 1.12 bits per heavy atom. The SMILES string of the molecule is O=c1c2c(Cl)ccn2nc([C@@H]2CC(O)CN2c2ncnc3nc[nH]c23)n1-c1ccccc1. The van der Waals surface area contributed by atoms with E-state index in [2.05, 4.69) is 19.9 Å². The molecule has 4 aromatic heterocycles. The first-order chi connectivity index (χ1) is 15.6. The highest BCUT2D eigenvalue weighted by atomic mass is 35.5. The van der Waals surface area contributed by atoms with E-state index in [0.29, 0.717) is 52.0 Å². The number of rotatable bonds is 3. The van der Waals surface area contributed by atoms with Crippen molar-refractivity contribution in [2.75, 3.05) is 11.4 Å². The van der Waals surface area contributed by atoms with Crippen molar-refractivity contribution in [1.82, 2.24) is 34.1 Å². The van der Waals surface area contributed by atoms with Crippen LogP contribution in [0.15, 0.2) is 60.0 Å². The minimum absolute atomic E-state index is 0.285. The zero-order valence-electron chi connectivity index (χ0n) is 16.6. The zero-order valence-corrected chi connectivity index (χ0v) is 17.4. The van der Waals surface area contributed by atoms with Crippen LogP contribution in [0.3, 0.4) is 0 Å². The zero-order chi connectivity index (χ0) is 21.8. The van der Waals surface area contributed by atoms with Crippen molar-refractivity contribution in [3.8, 4) is 5.69 Å². The van der Waals surface area contributed by atoms with Crippen LogP contribution in [0, 0.1) is 0 Å². The third-order valence-corrected chi connectivity index (χ3v) is 6.03. The number of halogens is 1. The second kappa shape index (κ2) is 7.14. The molecule has 0 saturated carbocycles. The summed E-state index contributed by atoms with van der Waals surface area (Å²) in [4.78, 5) is 31.4. The van der Waals surface area contributed by atoms with Crippen molar-refractivity contribution < 1.29 is 5.11 Å². The van der Waals surface area contributed by atoms with Crippen LogP contribution in [0.25, 0.3) is 22.4 Å². The van der Waals surface area contributed by atoms with Gasteiger partial charge in [0.2, 0.25) is 0 Å². The van der Waals surface area contributed by atoms with Crippen molar-refractivity contribution >= 4 is 34.1 Å². The largest absolute Gasteiger partial charge is 0.391 e. The molecule has 5 aromatic rings. The Morgan fingerprint density at radius 2 is 1.97 bits per heavy atom. The molecule has 11 heteroatoms. The average Bonchev–Trinajstić information content (AvgIpc) is 3.52. The molecule has 0 bridgehead atoms. The van der Waals surface area contributed by atoms with E-state index in [0.717, 1.165) is 0 Å². The lowest BCUT2D eigenvalue weighted by atomic mass is 10.1. The van der Waals surface area contributed by atoms with Crippen LogP contribution in [-0.4, -0.2) is 51.9 Å². The van der Waals surface area contributed by atoms with Gasteiger partial charge in [-0.25, -0.2) is 19.5 Å². The van der Waals surface area contributed by atoms with E-state index in [1.807, 2.05) is 35.2 Å². The number of aromatic nitrogens is 7. The predicted octanol–water partition coefficient (Wildman–Crippen LogP) is 2.12. The van der Waals surface area contributed by atoms with Crippen molar-refractivity contribution in [1.29, 1.82) is 0 Å². The van der Waals surface area contributed by atoms with Crippen molar-refractivity contribution in [3.63, 3.8) is 0 Å². The summed E-state index contributed by atoms with van der Waals surface area (Å²) in [5.74, 6) is 1.07. The molecular weight excluding hydrogens is 432 g/mol. The molecule has 1 aliphatic heterocycles. The second-order valence-corrected chi connectivity index (χ2v) is 8.05. The van der Waals surface area contributed by atoms with Crippen LogP contribution in [0.4, 0.5) is 5.82 Å². The lowest BCUT2D eigenvalue weighted by Gasteiger charge is -2.27. The molecule has 1 unspecified atom stereocenters. The average molecular weight is 449 g/mol. The Labute approximate surface area is 185 Å². The summed E-state index contributed by atoms with van der Waals surface area (Å²) in [7, 11) is 0. The molecule has 160 valence electrons. The van der Waals surface area contributed by atoms with Gasteiger partial charge in [0.1, 0.15) is 17.4 Å². The standard InChI is InChI=1S/C21H17ClN8O2/c22-14-6-7-29-17(14)21(32)30(12-4-2-1-3-5-12)19(27-29)15-8-13(31)9-28(15)20-16-18(24-10-23-16)25-11-26-20/h1-7,10-11,13,15,31H,8-9H2,(H,23,24,25,26)/t13?,15-/m0/s1. The van der Waals surface area contributed by atoms with Gasteiger partial charge in [-0.3, -0.25) is 9.36 Å². The molecule has 1 aromatic carbocycles. The smallest absolute Gasteiger partial charge is 0.284 e. The van der Waals surface area contributed by atoms with Crippen LogP contribution >= 0.6 is 11.6 Å². The summed E-state index contributed by atoms with van der Waals surface area (Å²) in [6.07, 6.45) is 4.40. The van der Waals surface area contributed by atoms with Gasteiger partial charge in [0.15, 0.2) is 17.3 Å². The molecular formula is C21H17ClN8O2. The highest BCUT2D eigenvalue weighted by molar-refractivity contribution is 6.33. The Kier molecular flexibility index (Phi) is 4.23. The number of hydrogen-bond donors (Lipinski definition) is 2. The van der Waals surface area contributed by atoms with Gasteiger partial charge in [0.25, 0.3) is 5.56 Å². The molecule has 1 fully saturated rings. The van der Waals surface area contributed by atoms with Gasteiger partial charge in [0.05, 0.1) is 29.2 Å². The molecule has 1 saturated heterocycles. The maximum atomic E-state index is 13.6. The number of aliphatic hydroxyl groups is 1. The van der Waals surface area contributed by atoms with Crippen LogP contribution in [0.5, 0.6) is 0 Å². The summed E-state index contributed by atoms with van der Waals surface area (Å²) in [6, 6.07) is 10.5. The van der Waals surface area contributed by atoms with Gasteiger partial charge in [-0.15, -0.1) is 0 Å². The van der Waals surface area contributed by atoms with E-state index in [9.17, 15) is 9.90 Å². The minimum Gasteiger partial charge on any atom is -0.391 e. The number of hydrogen-bond acceptors (Lipinski definition) is 7. The number of imidazole rings is 1. The van der Waals surface area contributed by atoms with E-state index in [4.69, 9.17) is 16.7 Å². The molecule has 0 radical (unpaired) electrons. The second-order valence-electron chi connectivity index (χ2n) is 7.65. The third kappa shape index (κ3) is 2.80. The molecule has 6 rings (SSSR count). The predicted molar refractivity (Wildman–Crippen MR) is 118 cm³/mol. The normalized spacial score (nSPS) is 18.8. The molecule has 32 heavy (non-hydrogen) atoms. The summed E-state index contributed by atoms with van der Waals surface area (Å²) in [6.45, 7) is 0.324. The number of aromatic amines is 1. The molecule has 10 nitrogen and oxygen atoms in total. The van der Waals surface area contributed by atoms with E-state index < -0.39 is 12.1 Å². The maximum absolute atomic E-state index is 13.6. The first-order valence-electron chi connectivity index (χ1n) is 10.1. The molecule has 1 aliphatic rings. The van der Waals surface area contributed by atoms with Gasteiger partial charge in [-0.1, -0.05) is 29.8 Å². The summed E-state index contributed by atoms with van der Waals surface area (Å²) < 4.78 is 3.05. The van der Waals surface area contributed by atoms with Gasteiger partial charge in [-0.05, 0) is 18.2 Å². The van der Waals surface area contributed by atoms with Crippen molar-refractivity contribution in [2.45, 2.75) is 18.6 Å². The van der Waals surface area contributed by atoms with E-state index >= 15 is 0 Å². The van der Waals surface area contributed by atoms with Crippen LogP contribution in [-0.2, 0) is 0 Å². The Bertz CT molecular complexity index is 1510. The van der Waals surface area contributed by atoms with Crippen molar-refractivity contribution in [2.24, 2.45) is 0 Å². The third-order valence-electron chi connectivity index (χ3n) is 5.73. The number of β-amino-alcohol motifs (C(OH)–C–C–N with tert-alkyl or cyclic N) is 1. The van der Waals surface area contributed by atoms with Crippen LogP contribution in [0.2, 0.25) is 5.02 Å². The molecule has 2 atom stereocenters. The number of aliphatic hydroxyl groups excluding tert-OH is 1. The monoisotopic (exact) mass is 448 g/mol. The fraction of sp³-hybridized carbons (Fsp3) is 0.190. The quantitative estimate of drug-likeness (QED) is 0.434. The Balaban J connectivity index is 1.61. The Hall–Kier alpha value is -3.76. The topological polar surface area (TPSA) is 117 Å². The molecule has 5 heterocycles. The van der Waals surface area contributed by atoms with Crippen LogP contribution in [0.1, 0.15) is 18.3 Å². The first-order valence-corrected chi connectivity index (χ1v) is 10.4. The van der Waals surface area contributed by atoms with E-state index in [1.54, 1.807) is 23.2 Å². The van der Waals surface area contributed by atoms with E-state index in [1.165, 1.54) is 10.8 Å². The van der Waals surface area contributed by atoms with Gasteiger partial charge in [0, 0.05) is 19.2 Å². The minimum atomic E-state index is -0.627. The highest BCUT2D eigenvalue weighted by Crippen LogP contribution is 2.37. The molecule has 0 aliphatic carbocycles.